The minimum absolute atomic E-state index is 0.0327. The highest BCUT2D eigenvalue weighted by atomic mass is 32.2. The normalized spacial score (nSPS) is 11.1. The molecule has 0 fully saturated rings. The Kier molecular flexibility index (Phi) is 6.97. The lowest BCUT2D eigenvalue weighted by atomic mass is 10.1. The zero-order valence-electron chi connectivity index (χ0n) is 17.7. The number of amides is 1. The summed E-state index contributed by atoms with van der Waals surface area (Å²) in [6.45, 7) is 5.60. The van der Waals surface area contributed by atoms with Crippen molar-refractivity contribution >= 4 is 21.6 Å². The molecule has 0 aliphatic carbocycles. The van der Waals surface area contributed by atoms with Crippen LogP contribution in [0.15, 0.2) is 77.7 Å². The minimum atomic E-state index is -4.13. The van der Waals surface area contributed by atoms with Gasteiger partial charge in [0, 0.05) is 0 Å². The molecule has 31 heavy (non-hydrogen) atoms. The predicted molar refractivity (Wildman–Crippen MR) is 120 cm³/mol. The van der Waals surface area contributed by atoms with Gasteiger partial charge in [-0.2, -0.15) is 4.31 Å². The van der Waals surface area contributed by atoms with E-state index in [1.54, 1.807) is 61.5 Å². The highest BCUT2D eigenvalue weighted by Gasteiger charge is 2.32. The number of aryl methyl sites for hydroxylation is 2. The molecule has 0 saturated carbocycles. The molecule has 3 aromatic carbocycles. The molecule has 162 valence electrons. The first-order chi connectivity index (χ1) is 14.8. The Hall–Kier alpha value is -3.32. The van der Waals surface area contributed by atoms with E-state index in [0.717, 1.165) is 9.87 Å². The van der Waals surface area contributed by atoms with E-state index in [-0.39, 0.29) is 4.90 Å². The van der Waals surface area contributed by atoms with E-state index in [0.29, 0.717) is 29.4 Å². The maximum Gasteiger partial charge on any atom is 0.278 e. The molecule has 0 atom stereocenters. The van der Waals surface area contributed by atoms with Gasteiger partial charge < -0.3 is 9.47 Å². The lowest BCUT2D eigenvalue weighted by Crippen LogP contribution is -2.40. The molecule has 0 radical (unpaired) electrons. The van der Waals surface area contributed by atoms with Gasteiger partial charge in [0.2, 0.25) is 0 Å². The monoisotopic (exact) mass is 439 g/mol. The number of hydrogen-bond donors (Lipinski definition) is 0. The minimum Gasteiger partial charge on any atom is -0.494 e. The number of carbonyl (C=O) groups is 1. The van der Waals surface area contributed by atoms with Crippen LogP contribution in [0.1, 0.15) is 18.1 Å². The number of carbonyl (C=O) groups excluding carboxylic acids is 1. The van der Waals surface area contributed by atoms with Crippen molar-refractivity contribution in [1.82, 2.24) is 0 Å². The van der Waals surface area contributed by atoms with E-state index in [2.05, 4.69) is 0 Å². The Morgan fingerprint density at radius 1 is 0.871 bits per heavy atom. The van der Waals surface area contributed by atoms with Crippen LogP contribution in [0.2, 0.25) is 0 Å². The summed E-state index contributed by atoms with van der Waals surface area (Å²) in [7, 11) is -4.13. The summed E-state index contributed by atoms with van der Waals surface area (Å²) in [6, 6.07) is 20.0. The number of anilines is 1. The van der Waals surface area contributed by atoms with Crippen LogP contribution in [0.3, 0.4) is 0 Å². The van der Waals surface area contributed by atoms with Gasteiger partial charge in [0.25, 0.3) is 15.9 Å². The molecule has 0 heterocycles. The van der Waals surface area contributed by atoms with Crippen molar-refractivity contribution in [3.63, 3.8) is 0 Å². The maximum atomic E-state index is 13.4. The molecule has 0 bridgehead atoms. The predicted octanol–water partition coefficient (Wildman–Crippen LogP) is 4.50. The number of nitrogens with zero attached hydrogens (tertiary/aromatic N) is 1. The van der Waals surface area contributed by atoms with Gasteiger partial charge in [-0.05, 0) is 74.4 Å². The number of ether oxygens (including phenoxy) is 2. The van der Waals surface area contributed by atoms with Crippen LogP contribution < -0.4 is 13.8 Å². The molecule has 0 aromatic heterocycles. The van der Waals surface area contributed by atoms with Crippen LogP contribution >= 0.6 is 0 Å². The summed E-state index contributed by atoms with van der Waals surface area (Å²) >= 11 is 0. The highest BCUT2D eigenvalue weighted by Crippen LogP contribution is 2.28. The van der Waals surface area contributed by atoms with E-state index in [1.807, 2.05) is 19.9 Å². The van der Waals surface area contributed by atoms with Gasteiger partial charge in [0.05, 0.1) is 17.2 Å². The fourth-order valence-corrected chi connectivity index (χ4v) is 4.52. The quantitative estimate of drug-likeness (QED) is 0.517. The average molecular weight is 440 g/mol. The van der Waals surface area contributed by atoms with Crippen molar-refractivity contribution < 1.29 is 22.7 Å². The average Bonchev–Trinajstić information content (AvgIpc) is 2.76. The molecule has 0 spiro atoms. The Morgan fingerprint density at radius 2 is 1.48 bits per heavy atom. The van der Waals surface area contributed by atoms with E-state index in [1.165, 1.54) is 12.1 Å². The summed E-state index contributed by atoms with van der Waals surface area (Å²) in [6.07, 6.45) is 0. The molecule has 0 N–H and O–H groups in total. The summed E-state index contributed by atoms with van der Waals surface area (Å²) in [5, 5.41) is 0. The number of sulfonamides is 1. The lowest BCUT2D eigenvalue weighted by molar-refractivity contribution is -0.119. The van der Waals surface area contributed by atoms with Gasteiger partial charge in [-0.1, -0.05) is 30.3 Å². The standard InChI is InChI=1S/C24H25NO5S/c1-4-29-20-12-14-21(15-13-20)30-17-24(26)25(23-16-18(2)10-11-19(23)3)31(27,28)22-8-6-5-7-9-22/h5-16H,4,17H2,1-3H3. The van der Waals surface area contributed by atoms with Crippen molar-refractivity contribution in [2.75, 3.05) is 17.5 Å². The first kappa shape index (κ1) is 22.4. The Balaban J connectivity index is 1.92. The smallest absolute Gasteiger partial charge is 0.278 e. The second-order valence-corrected chi connectivity index (χ2v) is 8.75. The molecule has 3 rings (SSSR count). The molecular weight excluding hydrogens is 414 g/mol. The summed E-state index contributed by atoms with van der Waals surface area (Å²) in [5.41, 5.74) is 1.82. The van der Waals surface area contributed by atoms with Gasteiger partial charge in [-0.25, -0.2) is 8.42 Å². The summed E-state index contributed by atoms with van der Waals surface area (Å²) in [5.74, 6) is 0.436. The fraction of sp³-hybridized carbons (Fsp3) is 0.208. The highest BCUT2D eigenvalue weighted by molar-refractivity contribution is 7.93. The molecule has 0 aliphatic heterocycles. The second-order valence-electron chi connectivity index (χ2n) is 6.96. The van der Waals surface area contributed by atoms with Crippen LogP contribution in [0.25, 0.3) is 0 Å². The van der Waals surface area contributed by atoms with Crippen molar-refractivity contribution in [1.29, 1.82) is 0 Å². The van der Waals surface area contributed by atoms with Gasteiger partial charge >= 0.3 is 0 Å². The molecule has 3 aromatic rings. The van der Waals surface area contributed by atoms with Crippen LogP contribution in [-0.2, 0) is 14.8 Å². The van der Waals surface area contributed by atoms with Gasteiger partial charge in [0.1, 0.15) is 11.5 Å². The van der Waals surface area contributed by atoms with Crippen molar-refractivity contribution in [3.8, 4) is 11.5 Å². The Bertz CT molecular complexity index is 1140. The van der Waals surface area contributed by atoms with Crippen molar-refractivity contribution in [2.45, 2.75) is 25.7 Å². The molecule has 0 unspecified atom stereocenters. The topological polar surface area (TPSA) is 72.9 Å². The largest absolute Gasteiger partial charge is 0.494 e. The molecule has 0 saturated heterocycles. The zero-order valence-corrected chi connectivity index (χ0v) is 18.6. The Morgan fingerprint density at radius 3 is 2.10 bits per heavy atom. The molecular formula is C24H25NO5S. The molecule has 1 amide bonds. The third-order valence-corrected chi connectivity index (χ3v) is 6.34. The van der Waals surface area contributed by atoms with Crippen LogP contribution in [-0.4, -0.2) is 27.5 Å². The van der Waals surface area contributed by atoms with Crippen LogP contribution in [0.5, 0.6) is 11.5 Å². The van der Waals surface area contributed by atoms with E-state index >= 15 is 0 Å². The zero-order chi connectivity index (χ0) is 22.4. The number of hydrogen-bond acceptors (Lipinski definition) is 5. The van der Waals surface area contributed by atoms with Crippen molar-refractivity contribution in [2.24, 2.45) is 0 Å². The fourth-order valence-electron chi connectivity index (χ4n) is 3.04. The number of benzene rings is 3. The first-order valence-corrected chi connectivity index (χ1v) is 11.3. The molecule has 0 aliphatic rings. The third-order valence-electron chi connectivity index (χ3n) is 4.59. The van der Waals surface area contributed by atoms with Gasteiger partial charge in [0.15, 0.2) is 6.61 Å². The number of rotatable bonds is 8. The van der Waals surface area contributed by atoms with Crippen LogP contribution in [0, 0.1) is 13.8 Å². The Labute approximate surface area is 183 Å². The van der Waals surface area contributed by atoms with E-state index < -0.39 is 22.5 Å². The van der Waals surface area contributed by atoms with Gasteiger partial charge in [-0.3, -0.25) is 4.79 Å². The molecule has 7 heteroatoms. The van der Waals surface area contributed by atoms with Gasteiger partial charge in [-0.15, -0.1) is 0 Å². The van der Waals surface area contributed by atoms with E-state index in [9.17, 15) is 13.2 Å². The first-order valence-electron chi connectivity index (χ1n) is 9.89. The maximum absolute atomic E-state index is 13.4. The summed E-state index contributed by atoms with van der Waals surface area (Å²) < 4.78 is 38.6. The van der Waals surface area contributed by atoms with E-state index in [4.69, 9.17) is 9.47 Å². The summed E-state index contributed by atoms with van der Waals surface area (Å²) in [4.78, 5) is 13.2. The second kappa shape index (κ2) is 9.66. The SMILES string of the molecule is CCOc1ccc(OCC(=O)N(c2cc(C)ccc2C)S(=O)(=O)c2ccccc2)cc1. The van der Waals surface area contributed by atoms with Crippen LogP contribution in [0.4, 0.5) is 5.69 Å². The van der Waals surface area contributed by atoms with Crippen molar-refractivity contribution in [3.05, 3.63) is 83.9 Å². The third kappa shape index (κ3) is 5.24. The lowest BCUT2D eigenvalue weighted by Gasteiger charge is -2.24. The molecule has 6 nitrogen and oxygen atoms in total.